The average Bonchev–Trinajstić information content (AvgIpc) is 2.36. The number of carboxylic acid groups (broad SMARTS) is 1. The van der Waals surface area contributed by atoms with Crippen LogP contribution in [0.4, 0.5) is 4.79 Å². The molecule has 2 amide bonds. The molecule has 0 bridgehead atoms. The number of rotatable bonds is 2. The SMILES string of the molecule is CC1=CCCN(C(=O)N2CCS(=O)(=O)CC2CC(=O)O)C1. The summed E-state index contributed by atoms with van der Waals surface area (Å²) in [5, 5.41) is 8.93. The van der Waals surface area contributed by atoms with Gasteiger partial charge in [0, 0.05) is 19.6 Å². The second-order valence-corrected chi connectivity index (χ2v) is 7.83. The molecule has 21 heavy (non-hydrogen) atoms. The maximum absolute atomic E-state index is 12.5. The van der Waals surface area contributed by atoms with Gasteiger partial charge in [-0.25, -0.2) is 13.2 Å². The maximum atomic E-state index is 12.5. The van der Waals surface area contributed by atoms with Crippen LogP contribution >= 0.6 is 0 Å². The molecule has 1 unspecified atom stereocenters. The molecule has 1 saturated heterocycles. The van der Waals surface area contributed by atoms with E-state index in [0.717, 1.165) is 12.0 Å². The third-order valence-electron chi connectivity index (χ3n) is 3.79. The Bertz CT molecular complexity index is 569. The van der Waals surface area contributed by atoms with Crippen molar-refractivity contribution in [1.82, 2.24) is 9.80 Å². The highest BCUT2D eigenvalue weighted by Crippen LogP contribution is 2.19. The van der Waals surface area contributed by atoms with Crippen molar-refractivity contribution < 1.29 is 23.1 Å². The fourth-order valence-corrected chi connectivity index (χ4v) is 4.29. The lowest BCUT2D eigenvalue weighted by Crippen LogP contribution is -2.56. The molecule has 0 radical (unpaired) electrons. The van der Waals surface area contributed by atoms with E-state index in [0.29, 0.717) is 13.1 Å². The van der Waals surface area contributed by atoms with Crippen LogP contribution in [0.3, 0.4) is 0 Å². The fraction of sp³-hybridized carbons (Fsp3) is 0.692. The highest BCUT2D eigenvalue weighted by molar-refractivity contribution is 7.91. The van der Waals surface area contributed by atoms with Gasteiger partial charge in [-0.3, -0.25) is 4.79 Å². The molecule has 2 aliphatic heterocycles. The fourth-order valence-electron chi connectivity index (χ4n) is 2.77. The van der Waals surface area contributed by atoms with Crippen LogP contribution in [0, 0.1) is 0 Å². The predicted molar refractivity (Wildman–Crippen MR) is 76.7 cm³/mol. The number of sulfone groups is 1. The Balaban J connectivity index is 2.13. The number of carbonyl (C=O) groups is 2. The van der Waals surface area contributed by atoms with E-state index in [1.807, 2.05) is 6.92 Å². The Morgan fingerprint density at radius 1 is 1.38 bits per heavy atom. The van der Waals surface area contributed by atoms with Crippen LogP contribution in [0.25, 0.3) is 0 Å². The molecule has 0 saturated carbocycles. The van der Waals surface area contributed by atoms with Crippen molar-refractivity contribution in [3.05, 3.63) is 11.6 Å². The van der Waals surface area contributed by atoms with Gasteiger partial charge in [0.05, 0.1) is 24.0 Å². The van der Waals surface area contributed by atoms with Crippen molar-refractivity contribution in [2.45, 2.75) is 25.8 Å². The minimum atomic E-state index is -3.27. The summed E-state index contributed by atoms with van der Waals surface area (Å²) in [6.45, 7) is 3.11. The van der Waals surface area contributed by atoms with Crippen LogP contribution < -0.4 is 0 Å². The van der Waals surface area contributed by atoms with Gasteiger partial charge < -0.3 is 14.9 Å². The van der Waals surface area contributed by atoms with Crippen LogP contribution in [0.1, 0.15) is 19.8 Å². The molecule has 2 aliphatic rings. The number of carboxylic acids is 1. The second kappa shape index (κ2) is 6.05. The van der Waals surface area contributed by atoms with Crippen LogP contribution in [0.15, 0.2) is 11.6 Å². The largest absolute Gasteiger partial charge is 0.481 e. The quantitative estimate of drug-likeness (QED) is 0.741. The number of amides is 2. The Morgan fingerprint density at radius 3 is 2.71 bits per heavy atom. The lowest BCUT2D eigenvalue weighted by Gasteiger charge is -2.39. The Kier molecular flexibility index (Phi) is 4.55. The number of urea groups is 1. The van der Waals surface area contributed by atoms with Crippen LogP contribution in [0.5, 0.6) is 0 Å². The summed E-state index contributed by atoms with van der Waals surface area (Å²) in [5.41, 5.74) is 1.09. The molecular weight excluding hydrogens is 296 g/mol. The smallest absolute Gasteiger partial charge is 0.320 e. The van der Waals surface area contributed by atoms with Crippen molar-refractivity contribution in [2.75, 3.05) is 31.1 Å². The normalized spacial score (nSPS) is 25.4. The first-order valence-electron chi connectivity index (χ1n) is 6.92. The highest BCUT2D eigenvalue weighted by Gasteiger charge is 2.37. The van der Waals surface area contributed by atoms with E-state index in [1.54, 1.807) is 4.90 Å². The van der Waals surface area contributed by atoms with Gasteiger partial charge in [-0.2, -0.15) is 0 Å². The molecule has 1 atom stereocenters. The lowest BCUT2D eigenvalue weighted by molar-refractivity contribution is -0.138. The van der Waals surface area contributed by atoms with Crippen molar-refractivity contribution >= 4 is 21.8 Å². The molecule has 1 fully saturated rings. The first kappa shape index (κ1) is 15.8. The summed E-state index contributed by atoms with van der Waals surface area (Å²) in [4.78, 5) is 26.5. The Labute approximate surface area is 124 Å². The molecule has 1 N–H and O–H groups in total. The van der Waals surface area contributed by atoms with Gasteiger partial charge >= 0.3 is 12.0 Å². The summed E-state index contributed by atoms with van der Waals surface area (Å²) in [6.07, 6.45) is 2.50. The maximum Gasteiger partial charge on any atom is 0.320 e. The third kappa shape index (κ3) is 3.96. The third-order valence-corrected chi connectivity index (χ3v) is 5.49. The lowest BCUT2D eigenvalue weighted by atomic mass is 10.1. The van der Waals surface area contributed by atoms with Crippen molar-refractivity contribution in [1.29, 1.82) is 0 Å². The summed E-state index contributed by atoms with van der Waals surface area (Å²) in [7, 11) is -3.27. The topological polar surface area (TPSA) is 95.0 Å². The Morgan fingerprint density at radius 2 is 2.10 bits per heavy atom. The number of hydrogen-bond donors (Lipinski definition) is 1. The summed E-state index contributed by atoms with van der Waals surface area (Å²) in [5.74, 6) is -1.46. The molecule has 2 heterocycles. The molecule has 118 valence electrons. The minimum absolute atomic E-state index is 0.0678. The van der Waals surface area contributed by atoms with E-state index in [-0.39, 0.29) is 30.5 Å². The van der Waals surface area contributed by atoms with Crippen LogP contribution in [0.2, 0.25) is 0 Å². The van der Waals surface area contributed by atoms with Gasteiger partial charge in [-0.15, -0.1) is 0 Å². The zero-order chi connectivity index (χ0) is 15.6. The minimum Gasteiger partial charge on any atom is -0.481 e. The van der Waals surface area contributed by atoms with Gasteiger partial charge in [0.1, 0.15) is 0 Å². The molecular formula is C13H20N2O5S. The van der Waals surface area contributed by atoms with Gasteiger partial charge in [-0.05, 0) is 13.3 Å². The van der Waals surface area contributed by atoms with E-state index in [9.17, 15) is 18.0 Å². The van der Waals surface area contributed by atoms with Crippen molar-refractivity contribution in [3.8, 4) is 0 Å². The molecule has 0 aromatic heterocycles. The molecule has 0 aliphatic carbocycles. The van der Waals surface area contributed by atoms with E-state index in [1.165, 1.54) is 4.90 Å². The molecule has 0 aromatic rings. The van der Waals surface area contributed by atoms with E-state index < -0.39 is 21.8 Å². The van der Waals surface area contributed by atoms with Gasteiger partial charge in [0.15, 0.2) is 9.84 Å². The standard InChI is InChI=1S/C13H20N2O5S/c1-10-3-2-4-14(8-10)13(18)15-5-6-21(19,20)9-11(15)7-12(16)17/h3,11H,2,4-9H2,1H3,(H,16,17). The Hall–Kier alpha value is -1.57. The van der Waals surface area contributed by atoms with Gasteiger partial charge in [0.25, 0.3) is 0 Å². The number of aliphatic carboxylic acids is 1. The number of carbonyl (C=O) groups excluding carboxylic acids is 1. The van der Waals surface area contributed by atoms with Crippen molar-refractivity contribution in [2.24, 2.45) is 0 Å². The van der Waals surface area contributed by atoms with E-state index in [2.05, 4.69) is 6.08 Å². The number of hydrogen-bond acceptors (Lipinski definition) is 4. The zero-order valence-corrected chi connectivity index (χ0v) is 12.8. The monoisotopic (exact) mass is 316 g/mol. The average molecular weight is 316 g/mol. The van der Waals surface area contributed by atoms with E-state index in [4.69, 9.17) is 5.11 Å². The molecule has 8 heteroatoms. The van der Waals surface area contributed by atoms with Crippen LogP contribution in [-0.2, 0) is 14.6 Å². The summed E-state index contributed by atoms with van der Waals surface area (Å²) >= 11 is 0. The summed E-state index contributed by atoms with van der Waals surface area (Å²) in [6, 6.07) is -1.04. The first-order chi connectivity index (χ1) is 9.78. The van der Waals surface area contributed by atoms with Crippen LogP contribution in [-0.4, -0.2) is 72.5 Å². The highest BCUT2D eigenvalue weighted by atomic mass is 32.2. The first-order valence-corrected chi connectivity index (χ1v) is 8.74. The van der Waals surface area contributed by atoms with E-state index >= 15 is 0 Å². The van der Waals surface area contributed by atoms with Crippen molar-refractivity contribution in [3.63, 3.8) is 0 Å². The molecule has 2 rings (SSSR count). The van der Waals surface area contributed by atoms with Gasteiger partial charge in [-0.1, -0.05) is 11.6 Å². The molecule has 0 aromatic carbocycles. The predicted octanol–water partition coefficient (Wildman–Crippen LogP) is 0.332. The summed E-state index contributed by atoms with van der Waals surface area (Å²) < 4.78 is 23.4. The second-order valence-electron chi connectivity index (χ2n) is 5.60. The van der Waals surface area contributed by atoms with Gasteiger partial charge in [0.2, 0.25) is 0 Å². The molecule has 0 spiro atoms. The number of nitrogens with zero attached hydrogens (tertiary/aromatic N) is 2. The zero-order valence-electron chi connectivity index (χ0n) is 12.0. The molecule has 7 nitrogen and oxygen atoms in total.